The summed E-state index contributed by atoms with van der Waals surface area (Å²) in [4.78, 5) is 14.5. The summed E-state index contributed by atoms with van der Waals surface area (Å²) in [6, 6.07) is 16.9. The number of carbonyl (C=O) groups excluding carboxylic acids is 1. The lowest BCUT2D eigenvalue weighted by molar-refractivity contribution is -0.136. The molecule has 1 aromatic heterocycles. The molecule has 3 aromatic rings. The van der Waals surface area contributed by atoms with Crippen molar-refractivity contribution in [2.24, 2.45) is 0 Å². The van der Waals surface area contributed by atoms with E-state index in [0.717, 1.165) is 11.3 Å². The minimum atomic E-state index is -0.526. The molecule has 0 bridgehead atoms. The molecule has 4 heteroatoms. The van der Waals surface area contributed by atoms with E-state index >= 15 is 0 Å². The van der Waals surface area contributed by atoms with Crippen LogP contribution in [0.15, 0.2) is 48.5 Å². The van der Waals surface area contributed by atoms with Gasteiger partial charge in [-0.25, -0.2) is 0 Å². The highest BCUT2D eigenvalue weighted by molar-refractivity contribution is 5.94. The molecule has 1 amide bonds. The summed E-state index contributed by atoms with van der Waals surface area (Å²) < 4.78 is 8.64. The molecule has 150 valence electrons. The van der Waals surface area contributed by atoms with Crippen molar-refractivity contribution >= 4 is 16.8 Å². The number of para-hydroxylation sites is 2. The van der Waals surface area contributed by atoms with E-state index in [2.05, 4.69) is 41.0 Å². The Labute approximate surface area is 172 Å². The summed E-state index contributed by atoms with van der Waals surface area (Å²) in [5.41, 5.74) is 5.02. The Bertz CT molecular complexity index is 1060. The first kappa shape index (κ1) is 18.3. The molecule has 1 atom stereocenters. The number of fused-ring (bicyclic) bond motifs is 5. The number of aromatic nitrogens is 1. The predicted octanol–water partition coefficient (Wildman–Crippen LogP) is 5.21. The molecule has 1 aliphatic carbocycles. The quantitative estimate of drug-likeness (QED) is 0.604. The van der Waals surface area contributed by atoms with Crippen LogP contribution in [0.1, 0.15) is 43.6 Å². The third-order valence-corrected chi connectivity index (χ3v) is 6.50. The Balaban J connectivity index is 1.79. The highest BCUT2D eigenvalue weighted by Crippen LogP contribution is 2.47. The van der Waals surface area contributed by atoms with E-state index in [4.69, 9.17) is 4.74 Å². The van der Waals surface area contributed by atoms with Gasteiger partial charge >= 0.3 is 0 Å². The summed E-state index contributed by atoms with van der Waals surface area (Å²) in [6.07, 6.45) is 5.88. The fourth-order valence-electron chi connectivity index (χ4n) is 5.15. The van der Waals surface area contributed by atoms with Gasteiger partial charge in [0.25, 0.3) is 5.91 Å². The molecule has 1 unspecified atom stereocenters. The molecule has 2 aliphatic rings. The average Bonchev–Trinajstić information content (AvgIpc) is 2.97. The molecule has 1 saturated carbocycles. The van der Waals surface area contributed by atoms with E-state index in [0.29, 0.717) is 12.5 Å². The zero-order valence-electron chi connectivity index (χ0n) is 17.2. The van der Waals surface area contributed by atoms with Crippen LogP contribution in [0.25, 0.3) is 22.2 Å². The normalized spacial score (nSPS) is 19.2. The van der Waals surface area contributed by atoms with Crippen molar-refractivity contribution < 1.29 is 9.53 Å². The molecule has 1 fully saturated rings. The van der Waals surface area contributed by atoms with Gasteiger partial charge in [-0.3, -0.25) is 4.79 Å². The maximum absolute atomic E-state index is 12.9. The third kappa shape index (κ3) is 3.02. The monoisotopic (exact) mass is 388 g/mol. The third-order valence-electron chi connectivity index (χ3n) is 6.50. The number of amides is 1. The number of likely N-dealkylation sites (N-methyl/N-ethyl adjacent to an activating group) is 1. The molecule has 0 saturated heterocycles. The van der Waals surface area contributed by atoms with Crippen molar-refractivity contribution in [3.05, 3.63) is 54.1 Å². The van der Waals surface area contributed by atoms with E-state index in [9.17, 15) is 4.79 Å². The molecule has 0 N–H and O–H groups in total. The second kappa shape index (κ2) is 7.25. The molecule has 0 radical (unpaired) electrons. The van der Waals surface area contributed by atoms with Gasteiger partial charge in [0.15, 0.2) is 6.10 Å². The standard InChI is InChI=1S/C25H28N2O2/c1-26(2)25(28)22-16-27-20-14-8-6-12-18(20)23(17-10-4-3-5-11-17)24(27)19-13-7-9-15-21(19)29-22/h6-9,12-15,17,22H,3-5,10-11,16H2,1-2H3. The smallest absolute Gasteiger partial charge is 0.265 e. The first-order chi connectivity index (χ1) is 14.1. The van der Waals surface area contributed by atoms with Gasteiger partial charge < -0.3 is 14.2 Å². The van der Waals surface area contributed by atoms with Crippen LogP contribution in [-0.4, -0.2) is 35.6 Å². The number of rotatable bonds is 2. The van der Waals surface area contributed by atoms with Crippen molar-refractivity contribution in [3.63, 3.8) is 0 Å². The number of carbonyl (C=O) groups is 1. The molecule has 2 aromatic carbocycles. The molecule has 4 nitrogen and oxygen atoms in total. The first-order valence-corrected chi connectivity index (χ1v) is 10.7. The zero-order valence-corrected chi connectivity index (χ0v) is 17.2. The van der Waals surface area contributed by atoms with Crippen molar-refractivity contribution in [3.8, 4) is 17.0 Å². The lowest BCUT2D eigenvalue weighted by atomic mass is 9.82. The maximum atomic E-state index is 12.9. The summed E-state index contributed by atoms with van der Waals surface area (Å²) in [5.74, 6) is 1.38. The van der Waals surface area contributed by atoms with Crippen molar-refractivity contribution in [2.75, 3.05) is 14.1 Å². The van der Waals surface area contributed by atoms with E-state index in [1.807, 2.05) is 12.1 Å². The van der Waals surface area contributed by atoms with Gasteiger partial charge in [0.1, 0.15) is 5.75 Å². The summed E-state index contributed by atoms with van der Waals surface area (Å²) in [5, 5.41) is 1.34. The molecule has 0 spiro atoms. The van der Waals surface area contributed by atoms with Crippen LogP contribution >= 0.6 is 0 Å². The number of hydrogen-bond donors (Lipinski definition) is 0. The van der Waals surface area contributed by atoms with Gasteiger partial charge in [0.2, 0.25) is 0 Å². The van der Waals surface area contributed by atoms with Gasteiger partial charge in [0.05, 0.1) is 12.2 Å². The molecule has 29 heavy (non-hydrogen) atoms. The summed E-state index contributed by atoms with van der Waals surface area (Å²) in [7, 11) is 3.59. The van der Waals surface area contributed by atoms with Crippen LogP contribution in [0.3, 0.4) is 0 Å². The number of ether oxygens (including phenoxy) is 1. The number of hydrogen-bond acceptors (Lipinski definition) is 2. The van der Waals surface area contributed by atoms with Gasteiger partial charge in [-0.15, -0.1) is 0 Å². The molecule has 2 heterocycles. The van der Waals surface area contributed by atoms with Crippen LogP contribution in [0, 0.1) is 0 Å². The Morgan fingerprint density at radius 3 is 2.52 bits per heavy atom. The second-order valence-electron chi connectivity index (χ2n) is 8.56. The Morgan fingerprint density at radius 2 is 1.72 bits per heavy atom. The van der Waals surface area contributed by atoms with E-state index < -0.39 is 6.10 Å². The van der Waals surface area contributed by atoms with Crippen molar-refractivity contribution in [1.82, 2.24) is 9.47 Å². The summed E-state index contributed by atoms with van der Waals surface area (Å²) >= 11 is 0. The lowest BCUT2D eigenvalue weighted by Crippen LogP contribution is -2.39. The highest BCUT2D eigenvalue weighted by Gasteiger charge is 2.33. The Morgan fingerprint density at radius 1 is 1.00 bits per heavy atom. The van der Waals surface area contributed by atoms with Gasteiger partial charge in [-0.2, -0.15) is 0 Å². The van der Waals surface area contributed by atoms with Crippen LogP contribution < -0.4 is 4.74 Å². The Kier molecular flexibility index (Phi) is 4.57. The zero-order chi connectivity index (χ0) is 20.0. The van der Waals surface area contributed by atoms with Gasteiger partial charge in [-0.05, 0) is 42.5 Å². The van der Waals surface area contributed by atoms with Crippen LogP contribution in [0.5, 0.6) is 5.75 Å². The predicted molar refractivity (Wildman–Crippen MR) is 116 cm³/mol. The maximum Gasteiger partial charge on any atom is 0.265 e. The fraction of sp³-hybridized carbons (Fsp3) is 0.400. The number of benzene rings is 2. The van der Waals surface area contributed by atoms with Gasteiger partial charge in [0, 0.05) is 30.6 Å². The van der Waals surface area contributed by atoms with Crippen LogP contribution in [-0.2, 0) is 11.3 Å². The molecular formula is C25H28N2O2. The largest absolute Gasteiger partial charge is 0.478 e. The van der Waals surface area contributed by atoms with Crippen molar-refractivity contribution in [1.29, 1.82) is 0 Å². The minimum Gasteiger partial charge on any atom is -0.478 e. The van der Waals surface area contributed by atoms with E-state index in [-0.39, 0.29) is 5.91 Å². The minimum absolute atomic E-state index is 0.00431. The second-order valence-corrected chi connectivity index (χ2v) is 8.56. The van der Waals surface area contributed by atoms with Crippen LogP contribution in [0.4, 0.5) is 0 Å². The topological polar surface area (TPSA) is 34.5 Å². The van der Waals surface area contributed by atoms with Gasteiger partial charge in [-0.1, -0.05) is 49.6 Å². The van der Waals surface area contributed by atoms with E-state index in [1.165, 1.54) is 54.3 Å². The molecule has 1 aliphatic heterocycles. The van der Waals surface area contributed by atoms with Crippen molar-refractivity contribution in [2.45, 2.75) is 50.7 Å². The van der Waals surface area contributed by atoms with E-state index in [1.54, 1.807) is 19.0 Å². The lowest BCUT2D eigenvalue weighted by Gasteiger charge is -2.23. The number of nitrogens with zero attached hydrogens (tertiary/aromatic N) is 2. The average molecular weight is 389 g/mol. The highest BCUT2D eigenvalue weighted by atomic mass is 16.5. The SMILES string of the molecule is CN(C)C(=O)C1Cn2c(c(C3CCCCC3)c3ccccc32)-c2ccccc2O1. The molecular weight excluding hydrogens is 360 g/mol. The first-order valence-electron chi connectivity index (χ1n) is 10.7. The molecule has 5 rings (SSSR count). The van der Waals surface area contributed by atoms with Crippen LogP contribution in [0.2, 0.25) is 0 Å². The summed E-state index contributed by atoms with van der Waals surface area (Å²) in [6.45, 7) is 0.536. The fourth-order valence-corrected chi connectivity index (χ4v) is 5.15. The Hall–Kier alpha value is -2.75.